The van der Waals surface area contributed by atoms with Crippen molar-refractivity contribution in [3.05, 3.63) is 22.3 Å². The van der Waals surface area contributed by atoms with E-state index in [1.807, 2.05) is 13.0 Å². The summed E-state index contributed by atoms with van der Waals surface area (Å²) >= 11 is 6.08. The Balaban J connectivity index is 0.000000845. The summed E-state index contributed by atoms with van der Waals surface area (Å²) in [5.74, 6) is 1.22. The van der Waals surface area contributed by atoms with Crippen molar-refractivity contribution in [2.75, 3.05) is 5.73 Å². The molecule has 0 amide bonds. The van der Waals surface area contributed by atoms with Gasteiger partial charge in [-0.15, -0.1) is 12.4 Å². The summed E-state index contributed by atoms with van der Waals surface area (Å²) in [6, 6.07) is 1.90. The van der Waals surface area contributed by atoms with E-state index in [1.165, 1.54) is 18.4 Å². The highest BCUT2D eigenvalue weighted by Gasteiger charge is 2.26. The second kappa shape index (κ2) is 3.72. The zero-order chi connectivity index (χ0) is 8.72. The van der Waals surface area contributed by atoms with Gasteiger partial charge in [0.05, 0.1) is 10.7 Å². The zero-order valence-corrected chi connectivity index (χ0v) is 8.95. The Morgan fingerprint density at radius 2 is 2.15 bits per heavy atom. The molecule has 2 N–H and O–H groups in total. The number of halogens is 2. The molecule has 0 aliphatic heterocycles. The predicted octanol–water partition coefficient (Wildman–Crippen LogP) is 2.92. The first kappa shape index (κ1) is 10.6. The van der Waals surface area contributed by atoms with Crippen molar-refractivity contribution in [1.82, 2.24) is 4.98 Å². The van der Waals surface area contributed by atoms with Crippen molar-refractivity contribution in [1.29, 1.82) is 0 Å². The van der Waals surface area contributed by atoms with Crippen molar-refractivity contribution in [2.24, 2.45) is 0 Å². The Kier molecular flexibility index (Phi) is 3.04. The molecule has 0 atom stereocenters. The van der Waals surface area contributed by atoms with E-state index in [0.29, 0.717) is 11.7 Å². The summed E-state index contributed by atoms with van der Waals surface area (Å²) in [6.45, 7) is 1.89. The highest BCUT2D eigenvalue weighted by atomic mass is 35.5. The van der Waals surface area contributed by atoms with Gasteiger partial charge in [-0.1, -0.05) is 11.6 Å². The van der Waals surface area contributed by atoms with E-state index in [1.54, 1.807) is 0 Å². The molecule has 0 spiro atoms. The lowest BCUT2D eigenvalue weighted by Gasteiger charge is -2.05. The van der Waals surface area contributed by atoms with E-state index in [0.717, 1.165) is 10.7 Å². The lowest BCUT2D eigenvalue weighted by molar-refractivity contribution is 1.09. The van der Waals surface area contributed by atoms with Crippen LogP contribution >= 0.6 is 24.0 Å². The third kappa shape index (κ3) is 2.06. The van der Waals surface area contributed by atoms with Crippen molar-refractivity contribution in [3.8, 4) is 0 Å². The maximum atomic E-state index is 6.08. The SMILES string of the molecule is Cc1nc(N)cc(C2CC2)c1Cl.Cl. The fourth-order valence-corrected chi connectivity index (χ4v) is 1.65. The smallest absolute Gasteiger partial charge is 0.123 e. The van der Waals surface area contributed by atoms with Gasteiger partial charge in [0.2, 0.25) is 0 Å². The fraction of sp³-hybridized carbons (Fsp3) is 0.444. The third-order valence-electron chi connectivity index (χ3n) is 2.19. The number of rotatable bonds is 1. The Hall–Kier alpha value is -0.470. The summed E-state index contributed by atoms with van der Waals surface area (Å²) < 4.78 is 0. The second-order valence-electron chi connectivity index (χ2n) is 3.31. The highest BCUT2D eigenvalue weighted by Crippen LogP contribution is 2.44. The van der Waals surface area contributed by atoms with Gasteiger partial charge in [-0.05, 0) is 37.3 Å². The molecule has 0 bridgehead atoms. The molecule has 13 heavy (non-hydrogen) atoms. The second-order valence-corrected chi connectivity index (χ2v) is 3.69. The van der Waals surface area contributed by atoms with E-state index in [-0.39, 0.29) is 12.4 Å². The molecule has 1 aromatic heterocycles. The quantitative estimate of drug-likeness (QED) is 0.788. The van der Waals surface area contributed by atoms with E-state index < -0.39 is 0 Å². The summed E-state index contributed by atoms with van der Waals surface area (Å²) in [6.07, 6.45) is 2.48. The van der Waals surface area contributed by atoms with Gasteiger partial charge < -0.3 is 5.73 Å². The normalized spacial score (nSPS) is 15.2. The lowest BCUT2D eigenvalue weighted by Crippen LogP contribution is -1.96. The monoisotopic (exact) mass is 218 g/mol. The standard InChI is InChI=1S/C9H11ClN2.ClH/c1-5-9(10)7(6-2-3-6)4-8(11)12-5;/h4,6H,2-3H2,1H3,(H2,11,12);1H. The van der Waals surface area contributed by atoms with Crippen molar-refractivity contribution in [2.45, 2.75) is 25.7 Å². The molecule has 2 nitrogen and oxygen atoms in total. The van der Waals surface area contributed by atoms with Crippen molar-refractivity contribution in [3.63, 3.8) is 0 Å². The first-order valence-electron chi connectivity index (χ1n) is 4.11. The van der Waals surface area contributed by atoms with Crippen LogP contribution in [0.25, 0.3) is 0 Å². The summed E-state index contributed by atoms with van der Waals surface area (Å²) in [5, 5.41) is 0.798. The number of nitrogen functional groups attached to an aromatic ring is 1. The topological polar surface area (TPSA) is 38.9 Å². The maximum Gasteiger partial charge on any atom is 0.123 e. The number of hydrogen-bond acceptors (Lipinski definition) is 2. The fourth-order valence-electron chi connectivity index (χ4n) is 1.40. The maximum absolute atomic E-state index is 6.08. The molecule has 72 valence electrons. The number of nitrogens with two attached hydrogens (primary N) is 1. The average Bonchev–Trinajstić information content (AvgIpc) is 2.79. The average molecular weight is 219 g/mol. The van der Waals surface area contributed by atoms with Crippen LogP contribution in [0, 0.1) is 6.92 Å². The molecule has 2 rings (SSSR count). The number of hydrogen-bond donors (Lipinski definition) is 1. The molecular weight excluding hydrogens is 207 g/mol. The summed E-state index contributed by atoms with van der Waals surface area (Å²) in [5.41, 5.74) is 7.65. The molecule has 0 saturated heterocycles. The Morgan fingerprint density at radius 1 is 1.54 bits per heavy atom. The third-order valence-corrected chi connectivity index (χ3v) is 2.68. The van der Waals surface area contributed by atoms with Gasteiger partial charge >= 0.3 is 0 Å². The molecule has 1 heterocycles. The van der Waals surface area contributed by atoms with Crippen LogP contribution in [-0.2, 0) is 0 Å². The molecule has 0 aromatic carbocycles. The molecule has 1 saturated carbocycles. The van der Waals surface area contributed by atoms with Gasteiger partial charge in [-0.25, -0.2) is 4.98 Å². The largest absolute Gasteiger partial charge is 0.384 e. The Labute approximate surface area is 88.9 Å². The highest BCUT2D eigenvalue weighted by molar-refractivity contribution is 6.32. The van der Waals surface area contributed by atoms with Gasteiger partial charge in [0.1, 0.15) is 5.82 Å². The minimum atomic E-state index is 0. The van der Waals surface area contributed by atoms with Crippen LogP contribution in [0.1, 0.15) is 30.0 Å². The Morgan fingerprint density at radius 3 is 2.69 bits per heavy atom. The van der Waals surface area contributed by atoms with Gasteiger partial charge in [0.25, 0.3) is 0 Å². The summed E-state index contributed by atoms with van der Waals surface area (Å²) in [7, 11) is 0. The van der Waals surface area contributed by atoms with E-state index in [9.17, 15) is 0 Å². The lowest BCUT2D eigenvalue weighted by atomic mass is 10.1. The minimum Gasteiger partial charge on any atom is -0.384 e. The molecule has 0 radical (unpaired) electrons. The van der Waals surface area contributed by atoms with E-state index >= 15 is 0 Å². The van der Waals surface area contributed by atoms with Crippen LogP contribution in [-0.4, -0.2) is 4.98 Å². The van der Waals surface area contributed by atoms with Gasteiger partial charge in [-0.3, -0.25) is 0 Å². The molecule has 1 aromatic rings. The minimum absolute atomic E-state index is 0. The number of aryl methyl sites for hydroxylation is 1. The van der Waals surface area contributed by atoms with Gasteiger partial charge in [-0.2, -0.15) is 0 Å². The molecular formula is C9H12Cl2N2. The molecule has 1 aliphatic carbocycles. The van der Waals surface area contributed by atoms with Crippen LogP contribution in [0.5, 0.6) is 0 Å². The number of anilines is 1. The first-order valence-corrected chi connectivity index (χ1v) is 4.49. The van der Waals surface area contributed by atoms with Gasteiger partial charge in [0.15, 0.2) is 0 Å². The van der Waals surface area contributed by atoms with Crippen molar-refractivity contribution < 1.29 is 0 Å². The van der Waals surface area contributed by atoms with Crippen LogP contribution in [0.3, 0.4) is 0 Å². The molecule has 0 unspecified atom stereocenters. The first-order chi connectivity index (χ1) is 5.68. The molecule has 1 aliphatic rings. The van der Waals surface area contributed by atoms with Crippen molar-refractivity contribution >= 4 is 29.8 Å². The Bertz CT molecular complexity index is 322. The predicted molar refractivity (Wildman–Crippen MR) is 57.6 cm³/mol. The number of pyridine rings is 1. The van der Waals surface area contributed by atoms with Crippen LogP contribution in [0.2, 0.25) is 5.02 Å². The van der Waals surface area contributed by atoms with Crippen LogP contribution < -0.4 is 5.73 Å². The van der Waals surface area contributed by atoms with Gasteiger partial charge in [0, 0.05) is 0 Å². The van der Waals surface area contributed by atoms with Crippen LogP contribution in [0.4, 0.5) is 5.82 Å². The molecule has 1 fully saturated rings. The van der Waals surface area contributed by atoms with E-state index in [4.69, 9.17) is 17.3 Å². The van der Waals surface area contributed by atoms with E-state index in [2.05, 4.69) is 4.98 Å². The number of nitrogens with zero attached hydrogens (tertiary/aromatic N) is 1. The van der Waals surface area contributed by atoms with Crippen LogP contribution in [0.15, 0.2) is 6.07 Å². The molecule has 4 heteroatoms. The zero-order valence-electron chi connectivity index (χ0n) is 7.38. The summed E-state index contributed by atoms with van der Waals surface area (Å²) in [4.78, 5) is 4.09. The number of aromatic nitrogens is 1.